The third-order valence-electron chi connectivity index (χ3n) is 4.71. The van der Waals surface area contributed by atoms with Crippen LogP contribution >= 0.6 is 0 Å². The van der Waals surface area contributed by atoms with Crippen molar-refractivity contribution in [2.24, 2.45) is 0 Å². The zero-order valence-corrected chi connectivity index (χ0v) is 15.6. The minimum absolute atomic E-state index is 0.663. The smallest absolute Gasteiger partial charge is 0.141 e. The maximum atomic E-state index is 4.38. The van der Waals surface area contributed by atoms with Gasteiger partial charge in [-0.3, -0.25) is 0 Å². The third-order valence-corrected chi connectivity index (χ3v) is 4.71. The van der Waals surface area contributed by atoms with Gasteiger partial charge in [0.2, 0.25) is 0 Å². The van der Waals surface area contributed by atoms with E-state index in [9.17, 15) is 0 Å². The second kappa shape index (κ2) is 7.52. The van der Waals surface area contributed by atoms with Gasteiger partial charge in [-0.15, -0.1) is 5.10 Å². The van der Waals surface area contributed by atoms with E-state index in [0.717, 1.165) is 39.2 Å². The Hall–Kier alpha value is -4.06. The summed E-state index contributed by atoms with van der Waals surface area (Å²) in [6, 6.07) is 26.3. The van der Waals surface area contributed by atoms with Crippen molar-refractivity contribution < 1.29 is 0 Å². The van der Waals surface area contributed by atoms with Gasteiger partial charge < -0.3 is 5.32 Å². The van der Waals surface area contributed by atoms with Crippen LogP contribution in [0.2, 0.25) is 0 Å². The molecule has 2 aromatic heterocycles. The first kappa shape index (κ1) is 17.1. The molecule has 1 N–H and O–H groups in total. The molecular weight excluding hydrogens is 360 g/mol. The van der Waals surface area contributed by atoms with Gasteiger partial charge >= 0.3 is 0 Å². The molecular formula is C23H18N6. The molecule has 0 aliphatic heterocycles. The second-order valence-electron chi connectivity index (χ2n) is 6.73. The van der Waals surface area contributed by atoms with Gasteiger partial charge in [0.05, 0.1) is 18.3 Å². The number of aromatic nitrogens is 5. The first-order valence-corrected chi connectivity index (χ1v) is 9.36. The lowest BCUT2D eigenvalue weighted by Crippen LogP contribution is -2.01. The van der Waals surface area contributed by atoms with Gasteiger partial charge in [-0.25, -0.2) is 14.6 Å². The highest BCUT2D eigenvalue weighted by atomic mass is 15.4. The van der Waals surface area contributed by atoms with E-state index in [1.54, 1.807) is 6.33 Å². The van der Waals surface area contributed by atoms with Crippen LogP contribution < -0.4 is 5.32 Å². The van der Waals surface area contributed by atoms with E-state index in [1.165, 1.54) is 0 Å². The molecule has 5 rings (SSSR count). The van der Waals surface area contributed by atoms with Gasteiger partial charge in [-0.05, 0) is 29.8 Å². The predicted octanol–water partition coefficient (Wildman–Crippen LogP) is 4.68. The maximum Gasteiger partial charge on any atom is 0.141 e. The predicted molar refractivity (Wildman–Crippen MR) is 114 cm³/mol. The highest BCUT2D eigenvalue weighted by molar-refractivity contribution is 5.90. The Kier molecular flexibility index (Phi) is 4.42. The molecule has 0 aliphatic rings. The average molecular weight is 378 g/mol. The summed E-state index contributed by atoms with van der Waals surface area (Å²) in [6.07, 6.45) is 3.54. The summed E-state index contributed by atoms with van der Waals surface area (Å²) in [7, 11) is 0. The number of nitrogens with one attached hydrogen (secondary N) is 1. The van der Waals surface area contributed by atoms with E-state index in [2.05, 4.69) is 37.7 Å². The van der Waals surface area contributed by atoms with Gasteiger partial charge in [0, 0.05) is 16.6 Å². The molecule has 0 amide bonds. The van der Waals surface area contributed by atoms with E-state index in [1.807, 2.05) is 77.6 Å². The van der Waals surface area contributed by atoms with Crippen LogP contribution in [-0.4, -0.2) is 25.0 Å². The Morgan fingerprint density at radius 2 is 1.59 bits per heavy atom. The standard InChI is InChI=1S/C23H18N6/c1-2-6-18(7-3-1)22-15-29(28-27-22)14-17-10-12-19(13-11-17)26-23-20-8-4-5-9-21(20)24-16-25-23/h1-13,15-16H,14H2,(H,24,25,26). The summed E-state index contributed by atoms with van der Waals surface area (Å²) in [5, 5.41) is 12.9. The molecule has 140 valence electrons. The minimum Gasteiger partial charge on any atom is -0.340 e. The maximum absolute atomic E-state index is 4.38. The van der Waals surface area contributed by atoms with Crippen molar-refractivity contribution in [2.75, 3.05) is 5.32 Å². The van der Waals surface area contributed by atoms with E-state index >= 15 is 0 Å². The summed E-state index contributed by atoms with van der Waals surface area (Å²) < 4.78 is 1.85. The molecule has 6 heteroatoms. The Labute approximate surface area is 167 Å². The van der Waals surface area contributed by atoms with E-state index < -0.39 is 0 Å². The van der Waals surface area contributed by atoms with Crippen LogP contribution in [0.4, 0.5) is 11.5 Å². The van der Waals surface area contributed by atoms with Gasteiger partial charge in [-0.2, -0.15) is 0 Å². The number of anilines is 2. The highest BCUT2D eigenvalue weighted by Gasteiger charge is 2.06. The van der Waals surface area contributed by atoms with Crippen molar-refractivity contribution in [2.45, 2.75) is 6.54 Å². The number of rotatable bonds is 5. The Morgan fingerprint density at radius 3 is 2.45 bits per heavy atom. The SMILES string of the molecule is c1ccc(-c2cn(Cc3ccc(Nc4ncnc5ccccc45)cc3)nn2)cc1. The van der Waals surface area contributed by atoms with Crippen molar-refractivity contribution in [1.82, 2.24) is 25.0 Å². The number of benzene rings is 3. The van der Waals surface area contributed by atoms with E-state index in [0.29, 0.717) is 6.54 Å². The number of fused-ring (bicyclic) bond motifs is 1. The normalized spacial score (nSPS) is 10.9. The largest absolute Gasteiger partial charge is 0.340 e. The molecule has 0 bridgehead atoms. The van der Waals surface area contributed by atoms with Crippen molar-refractivity contribution in [3.8, 4) is 11.3 Å². The fraction of sp³-hybridized carbons (Fsp3) is 0.0435. The molecule has 0 saturated carbocycles. The van der Waals surface area contributed by atoms with Crippen LogP contribution in [-0.2, 0) is 6.54 Å². The molecule has 0 spiro atoms. The summed E-state index contributed by atoms with van der Waals surface area (Å²) in [6.45, 7) is 0.663. The zero-order valence-electron chi connectivity index (χ0n) is 15.6. The molecule has 0 radical (unpaired) electrons. The molecule has 0 fully saturated rings. The molecule has 2 heterocycles. The van der Waals surface area contributed by atoms with Crippen LogP contribution in [0.1, 0.15) is 5.56 Å². The van der Waals surface area contributed by atoms with Crippen LogP contribution in [0.15, 0.2) is 91.4 Å². The lowest BCUT2D eigenvalue weighted by Gasteiger charge is -2.09. The first-order chi connectivity index (χ1) is 14.3. The molecule has 0 atom stereocenters. The monoisotopic (exact) mass is 378 g/mol. The summed E-state index contributed by atoms with van der Waals surface area (Å²) in [5.41, 5.74) is 4.98. The number of nitrogens with zero attached hydrogens (tertiary/aromatic N) is 5. The van der Waals surface area contributed by atoms with Gasteiger partial charge in [0.15, 0.2) is 0 Å². The highest BCUT2D eigenvalue weighted by Crippen LogP contribution is 2.23. The van der Waals surface area contributed by atoms with E-state index in [-0.39, 0.29) is 0 Å². The fourth-order valence-corrected chi connectivity index (χ4v) is 3.24. The molecule has 29 heavy (non-hydrogen) atoms. The van der Waals surface area contributed by atoms with Gasteiger partial charge in [0.25, 0.3) is 0 Å². The summed E-state index contributed by atoms with van der Waals surface area (Å²) in [5.74, 6) is 0.798. The Bertz CT molecular complexity index is 1240. The summed E-state index contributed by atoms with van der Waals surface area (Å²) >= 11 is 0. The fourth-order valence-electron chi connectivity index (χ4n) is 3.24. The second-order valence-corrected chi connectivity index (χ2v) is 6.73. The Balaban J connectivity index is 1.31. The average Bonchev–Trinajstić information content (AvgIpc) is 3.25. The molecule has 0 aliphatic carbocycles. The lowest BCUT2D eigenvalue weighted by molar-refractivity contribution is 0.650. The molecule has 6 nitrogen and oxygen atoms in total. The van der Waals surface area contributed by atoms with Crippen molar-refractivity contribution in [1.29, 1.82) is 0 Å². The quantitative estimate of drug-likeness (QED) is 0.481. The van der Waals surface area contributed by atoms with Gasteiger partial charge in [-0.1, -0.05) is 59.8 Å². The minimum atomic E-state index is 0.663. The molecule has 0 unspecified atom stereocenters. The zero-order chi connectivity index (χ0) is 19.5. The number of hydrogen-bond acceptors (Lipinski definition) is 5. The summed E-state index contributed by atoms with van der Waals surface area (Å²) in [4.78, 5) is 8.68. The van der Waals surface area contributed by atoms with Crippen molar-refractivity contribution in [3.63, 3.8) is 0 Å². The number of hydrogen-bond donors (Lipinski definition) is 1. The molecule has 0 saturated heterocycles. The Morgan fingerprint density at radius 1 is 0.793 bits per heavy atom. The topological polar surface area (TPSA) is 68.5 Å². The first-order valence-electron chi connectivity index (χ1n) is 9.36. The van der Waals surface area contributed by atoms with Crippen molar-refractivity contribution >= 4 is 22.4 Å². The van der Waals surface area contributed by atoms with Crippen molar-refractivity contribution in [3.05, 3.63) is 97.0 Å². The van der Waals surface area contributed by atoms with Crippen LogP contribution in [0.3, 0.4) is 0 Å². The van der Waals surface area contributed by atoms with Crippen LogP contribution in [0.25, 0.3) is 22.2 Å². The number of para-hydroxylation sites is 1. The molecule has 3 aromatic carbocycles. The van der Waals surface area contributed by atoms with Crippen LogP contribution in [0, 0.1) is 0 Å². The molecule has 5 aromatic rings. The van der Waals surface area contributed by atoms with Crippen LogP contribution in [0.5, 0.6) is 0 Å². The lowest BCUT2D eigenvalue weighted by atomic mass is 10.2. The van der Waals surface area contributed by atoms with Gasteiger partial charge in [0.1, 0.15) is 17.8 Å². The third kappa shape index (κ3) is 3.68. The van der Waals surface area contributed by atoms with E-state index in [4.69, 9.17) is 0 Å².